The first-order chi connectivity index (χ1) is 8.58. The van der Waals surface area contributed by atoms with Gasteiger partial charge in [0, 0.05) is 18.1 Å². The van der Waals surface area contributed by atoms with Gasteiger partial charge in [-0.3, -0.25) is 4.79 Å². The number of hydrogen-bond donors (Lipinski definition) is 3. The van der Waals surface area contributed by atoms with Gasteiger partial charge in [-0.2, -0.15) is 4.57 Å². The van der Waals surface area contributed by atoms with Gasteiger partial charge < -0.3 is 20.1 Å². The van der Waals surface area contributed by atoms with Crippen molar-refractivity contribution in [2.75, 3.05) is 6.61 Å². The van der Waals surface area contributed by atoms with E-state index in [9.17, 15) is 10.2 Å². The molecule has 2 rings (SSSR count). The zero-order chi connectivity index (χ0) is 13.5. The molecule has 3 atom stereocenters. The SMILES string of the molecule is Cc1ccc[n+]([C@@H]2OCC(O)CC2O)c1.O=CO. The molecule has 6 heteroatoms. The summed E-state index contributed by atoms with van der Waals surface area (Å²) in [7, 11) is 0. The second-order valence-corrected chi connectivity index (χ2v) is 4.11. The summed E-state index contributed by atoms with van der Waals surface area (Å²) in [5.41, 5.74) is 1.11. The van der Waals surface area contributed by atoms with Crippen molar-refractivity contribution in [2.24, 2.45) is 0 Å². The lowest BCUT2D eigenvalue weighted by Gasteiger charge is -2.26. The standard InChI is InChI=1S/C11H16NO3.CH2O2/c1-8-3-2-4-12(6-8)11-10(14)5-9(13)7-15-11;2-1-3/h2-4,6,9-11,13-14H,5,7H2,1H3;1H,(H,2,3)/q+1;/t9?,10?,11-;/m1./s1. The van der Waals surface area contributed by atoms with Crippen LogP contribution in [-0.4, -0.2) is 40.6 Å². The first-order valence-corrected chi connectivity index (χ1v) is 5.61. The van der Waals surface area contributed by atoms with Gasteiger partial charge in [0.2, 0.25) is 0 Å². The van der Waals surface area contributed by atoms with E-state index in [2.05, 4.69) is 0 Å². The summed E-state index contributed by atoms with van der Waals surface area (Å²) in [6, 6.07) is 3.90. The number of aromatic nitrogens is 1. The minimum absolute atomic E-state index is 0.250. The lowest BCUT2D eigenvalue weighted by molar-refractivity contribution is -0.773. The highest BCUT2D eigenvalue weighted by Crippen LogP contribution is 2.18. The fourth-order valence-corrected chi connectivity index (χ4v) is 1.84. The van der Waals surface area contributed by atoms with Gasteiger partial charge in [0.25, 0.3) is 12.7 Å². The molecule has 1 saturated heterocycles. The predicted octanol–water partition coefficient (Wildman–Crippen LogP) is -0.376. The Balaban J connectivity index is 0.000000492. The fraction of sp³-hybridized carbons (Fsp3) is 0.500. The van der Waals surface area contributed by atoms with Crippen LogP contribution in [-0.2, 0) is 9.53 Å². The Morgan fingerprint density at radius 2 is 2.17 bits per heavy atom. The molecule has 6 nitrogen and oxygen atoms in total. The minimum Gasteiger partial charge on any atom is -0.483 e. The van der Waals surface area contributed by atoms with E-state index in [1.807, 2.05) is 36.0 Å². The number of aliphatic hydroxyl groups is 2. The second kappa shape index (κ2) is 7.05. The van der Waals surface area contributed by atoms with Crippen LogP contribution in [0, 0.1) is 6.92 Å². The lowest BCUT2D eigenvalue weighted by Crippen LogP contribution is -2.51. The van der Waals surface area contributed by atoms with Crippen molar-refractivity contribution in [2.45, 2.75) is 31.8 Å². The number of nitrogens with zero attached hydrogens (tertiary/aromatic N) is 1. The molecule has 2 unspecified atom stereocenters. The number of aryl methyl sites for hydroxylation is 1. The molecule has 18 heavy (non-hydrogen) atoms. The maximum atomic E-state index is 9.78. The monoisotopic (exact) mass is 256 g/mol. The molecule has 0 amide bonds. The van der Waals surface area contributed by atoms with Gasteiger partial charge in [0.1, 0.15) is 6.10 Å². The summed E-state index contributed by atoms with van der Waals surface area (Å²) < 4.78 is 7.25. The maximum absolute atomic E-state index is 9.78. The van der Waals surface area contributed by atoms with E-state index >= 15 is 0 Å². The van der Waals surface area contributed by atoms with Crippen molar-refractivity contribution in [3.05, 3.63) is 30.1 Å². The average molecular weight is 256 g/mol. The number of aliphatic hydroxyl groups excluding tert-OH is 2. The molecule has 0 bridgehead atoms. The molecule has 0 spiro atoms. The van der Waals surface area contributed by atoms with Gasteiger partial charge >= 0.3 is 0 Å². The third kappa shape index (κ3) is 4.06. The summed E-state index contributed by atoms with van der Waals surface area (Å²) in [5, 5.41) is 26.0. The van der Waals surface area contributed by atoms with Gasteiger partial charge in [-0.15, -0.1) is 0 Å². The van der Waals surface area contributed by atoms with Gasteiger partial charge in [-0.25, -0.2) is 0 Å². The van der Waals surface area contributed by atoms with Crippen LogP contribution in [0.25, 0.3) is 0 Å². The minimum atomic E-state index is -0.652. The van der Waals surface area contributed by atoms with E-state index in [-0.39, 0.29) is 19.3 Å². The predicted molar refractivity (Wildman–Crippen MR) is 61.7 cm³/mol. The first-order valence-electron chi connectivity index (χ1n) is 5.61. The zero-order valence-corrected chi connectivity index (χ0v) is 10.1. The molecule has 1 aliphatic heterocycles. The Kier molecular flexibility index (Phi) is 5.70. The Bertz CT molecular complexity index is 384. The maximum Gasteiger partial charge on any atom is 0.290 e. The number of pyridine rings is 1. The highest BCUT2D eigenvalue weighted by molar-refractivity contribution is 5.32. The van der Waals surface area contributed by atoms with Gasteiger partial charge in [0.15, 0.2) is 12.4 Å². The van der Waals surface area contributed by atoms with Crippen LogP contribution in [0.3, 0.4) is 0 Å². The molecule has 1 fully saturated rings. The smallest absolute Gasteiger partial charge is 0.290 e. The molecule has 1 aromatic heterocycles. The number of rotatable bonds is 1. The van der Waals surface area contributed by atoms with Crippen LogP contribution < -0.4 is 4.57 Å². The van der Waals surface area contributed by atoms with Crippen molar-refractivity contribution < 1.29 is 29.4 Å². The quantitative estimate of drug-likeness (QED) is 0.471. The normalized spacial score (nSPS) is 26.9. The number of ether oxygens (including phenoxy) is 1. The van der Waals surface area contributed by atoms with Crippen molar-refractivity contribution in [1.29, 1.82) is 0 Å². The van der Waals surface area contributed by atoms with Crippen LogP contribution in [0.15, 0.2) is 24.5 Å². The molecule has 100 valence electrons. The van der Waals surface area contributed by atoms with Crippen LogP contribution >= 0.6 is 0 Å². The van der Waals surface area contributed by atoms with Crippen LogP contribution in [0.5, 0.6) is 0 Å². The summed E-state index contributed by atoms with van der Waals surface area (Å²) in [4.78, 5) is 8.36. The lowest BCUT2D eigenvalue weighted by atomic mass is 10.1. The van der Waals surface area contributed by atoms with E-state index in [0.717, 1.165) is 5.56 Å². The second-order valence-electron chi connectivity index (χ2n) is 4.11. The molecule has 0 radical (unpaired) electrons. The van der Waals surface area contributed by atoms with Crippen molar-refractivity contribution in [1.82, 2.24) is 0 Å². The Morgan fingerprint density at radius 3 is 2.72 bits per heavy atom. The molecule has 2 heterocycles. The molecule has 1 aliphatic rings. The largest absolute Gasteiger partial charge is 0.483 e. The Morgan fingerprint density at radius 1 is 1.50 bits per heavy atom. The van der Waals surface area contributed by atoms with E-state index in [0.29, 0.717) is 6.42 Å². The highest BCUT2D eigenvalue weighted by Gasteiger charge is 2.35. The molecular formula is C12H18NO5+. The van der Waals surface area contributed by atoms with E-state index < -0.39 is 12.2 Å². The Hall–Kier alpha value is -1.50. The molecule has 0 aromatic carbocycles. The number of hydrogen-bond acceptors (Lipinski definition) is 4. The zero-order valence-electron chi connectivity index (χ0n) is 10.1. The van der Waals surface area contributed by atoms with E-state index in [1.54, 1.807) is 0 Å². The summed E-state index contributed by atoms with van der Waals surface area (Å²) in [6.45, 7) is 2.02. The van der Waals surface area contributed by atoms with Crippen molar-refractivity contribution in [3.63, 3.8) is 0 Å². The summed E-state index contributed by atoms with van der Waals surface area (Å²) >= 11 is 0. The average Bonchev–Trinajstić information content (AvgIpc) is 2.29. The van der Waals surface area contributed by atoms with Gasteiger partial charge in [0.05, 0.1) is 12.7 Å². The molecule has 0 aliphatic carbocycles. The van der Waals surface area contributed by atoms with Crippen LogP contribution in [0.2, 0.25) is 0 Å². The van der Waals surface area contributed by atoms with Gasteiger partial charge in [-0.1, -0.05) is 0 Å². The molecular weight excluding hydrogens is 238 g/mol. The Labute approximate surface area is 105 Å². The molecule has 0 saturated carbocycles. The fourth-order valence-electron chi connectivity index (χ4n) is 1.84. The first kappa shape index (κ1) is 14.6. The van der Waals surface area contributed by atoms with Crippen LogP contribution in [0.4, 0.5) is 0 Å². The van der Waals surface area contributed by atoms with Crippen molar-refractivity contribution in [3.8, 4) is 0 Å². The van der Waals surface area contributed by atoms with Crippen LogP contribution in [0.1, 0.15) is 18.2 Å². The highest BCUT2D eigenvalue weighted by atomic mass is 16.5. The van der Waals surface area contributed by atoms with E-state index in [4.69, 9.17) is 14.6 Å². The third-order valence-corrected chi connectivity index (χ3v) is 2.57. The molecule has 1 aromatic rings. The van der Waals surface area contributed by atoms with Crippen molar-refractivity contribution >= 4 is 6.47 Å². The topological polar surface area (TPSA) is 90.9 Å². The van der Waals surface area contributed by atoms with Gasteiger partial charge in [-0.05, 0) is 13.0 Å². The third-order valence-electron chi connectivity index (χ3n) is 2.57. The summed E-state index contributed by atoms with van der Waals surface area (Å²) in [5.74, 6) is 0. The molecule has 3 N–H and O–H groups in total. The number of carboxylic acid groups (broad SMARTS) is 1. The number of carbonyl (C=O) groups is 1. The summed E-state index contributed by atoms with van der Waals surface area (Å²) in [6.07, 6.45) is 2.56. The van der Waals surface area contributed by atoms with E-state index in [1.165, 1.54) is 0 Å².